The Morgan fingerprint density at radius 3 is 2.90 bits per heavy atom. The summed E-state index contributed by atoms with van der Waals surface area (Å²) in [6.45, 7) is 8.37. The van der Waals surface area contributed by atoms with Crippen LogP contribution < -0.4 is 5.32 Å². The maximum Gasteiger partial charge on any atom is 0.0738 e. The number of aromatic nitrogens is 1. The Morgan fingerprint density at radius 2 is 2.19 bits per heavy atom. The van der Waals surface area contributed by atoms with Gasteiger partial charge in [-0.05, 0) is 49.3 Å². The number of hydrogen-bond acceptors (Lipinski definition) is 3. The molecule has 0 spiro atoms. The lowest BCUT2D eigenvalue weighted by molar-refractivity contribution is 0.265. The third-order valence-electron chi connectivity index (χ3n) is 4.40. The van der Waals surface area contributed by atoms with Gasteiger partial charge in [0.2, 0.25) is 0 Å². The molecule has 2 heterocycles. The molecular formula is C17H22ClN3. The van der Waals surface area contributed by atoms with Crippen LogP contribution in [0.25, 0.3) is 10.9 Å². The normalized spacial score (nSPS) is 15.4. The summed E-state index contributed by atoms with van der Waals surface area (Å²) < 4.78 is 0. The van der Waals surface area contributed by atoms with Crippen molar-refractivity contribution in [3.63, 3.8) is 0 Å². The molecule has 3 rings (SSSR count). The standard InChI is InChI=1S/C17H22ClN3/c1-4-21-6-5-16-15(10-21)14(9-19-3)13-8-12(18)7-11(2)17(13)20-16/h7-8,19H,4-6,9-10H2,1-3H3. The largest absolute Gasteiger partial charge is 0.316 e. The van der Waals surface area contributed by atoms with Gasteiger partial charge in [0.25, 0.3) is 0 Å². The highest BCUT2D eigenvalue weighted by molar-refractivity contribution is 6.31. The zero-order chi connectivity index (χ0) is 15.0. The molecule has 0 atom stereocenters. The Hall–Kier alpha value is -1.16. The van der Waals surface area contributed by atoms with Crippen LogP contribution in [0.3, 0.4) is 0 Å². The number of nitrogens with zero attached hydrogens (tertiary/aromatic N) is 2. The molecule has 0 fully saturated rings. The maximum absolute atomic E-state index is 6.28. The third-order valence-corrected chi connectivity index (χ3v) is 4.62. The lowest BCUT2D eigenvalue weighted by Crippen LogP contribution is -2.32. The molecular weight excluding hydrogens is 282 g/mol. The first kappa shape index (κ1) is 14.8. The van der Waals surface area contributed by atoms with Crippen molar-refractivity contribution in [3.05, 3.63) is 39.5 Å². The predicted molar refractivity (Wildman–Crippen MR) is 88.9 cm³/mol. The van der Waals surface area contributed by atoms with Gasteiger partial charge < -0.3 is 5.32 Å². The van der Waals surface area contributed by atoms with Crippen LogP contribution in [-0.2, 0) is 19.5 Å². The molecule has 4 heteroatoms. The van der Waals surface area contributed by atoms with Gasteiger partial charge in [0, 0.05) is 42.2 Å². The van der Waals surface area contributed by atoms with Gasteiger partial charge in [-0.25, -0.2) is 0 Å². The first-order valence-electron chi connectivity index (χ1n) is 7.61. The molecule has 0 saturated carbocycles. The molecule has 2 aromatic rings. The topological polar surface area (TPSA) is 28.2 Å². The first-order valence-corrected chi connectivity index (χ1v) is 7.99. The van der Waals surface area contributed by atoms with Crippen molar-refractivity contribution in [2.24, 2.45) is 0 Å². The van der Waals surface area contributed by atoms with Crippen LogP contribution in [0.1, 0.15) is 29.3 Å². The molecule has 1 aliphatic rings. The average Bonchev–Trinajstić information content (AvgIpc) is 2.47. The molecule has 0 radical (unpaired) electrons. The summed E-state index contributed by atoms with van der Waals surface area (Å²) in [6, 6.07) is 4.07. The van der Waals surface area contributed by atoms with E-state index in [1.54, 1.807) is 0 Å². The van der Waals surface area contributed by atoms with Crippen molar-refractivity contribution in [2.45, 2.75) is 33.4 Å². The molecule has 112 valence electrons. The highest BCUT2D eigenvalue weighted by Crippen LogP contribution is 2.31. The molecule has 0 saturated heterocycles. The van der Waals surface area contributed by atoms with Crippen molar-refractivity contribution < 1.29 is 0 Å². The molecule has 1 aliphatic heterocycles. The van der Waals surface area contributed by atoms with Gasteiger partial charge in [-0.3, -0.25) is 9.88 Å². The molecule has 0 amide bonds. The molecule has 1 N–H and O–H groups in total. The van der Waals surface area contributed by atoms with Crippen molar-refractivity contribution in [1.29, 1.82) is 0 Å². The number of hydrogen-bond donors (Lipinski definition) is 1. The quantitative estimate of drug-likeness (QED) is 0.943. The number of halogens is 1. The summed E-state index contributed by atoms with van der Waals surface area (Å²) in [5, 5.41) is 5.30. The molecule has 1 aromatic carbocycles. The lowest BCUT2D eigenvalue weighted by Gasteiger charge is -2.29. The molecule has 1 aromatic heterocycles. The van der Waals surface area contributed by atoms with Gasteiger partial charge in [0.05, 0.1) is 5.52 Å². The number of aryl methyl sites for hydroxylation is 1. The van der Waals surface area contributed by atoms with E-state index in [9.17, 15) is 0 Å². The summed E-state index contributed by atoms with van der Waals surface area (Å²) in [6.07, 6.45) is 1.04. The fourth-order valence-electron chi connectivity index (χ4n) is 3.26. The minimum Gasteiger partial charge on any atom is -0.316 e. The first-order chi connectivity index (χ1) is 10.1. The third kappa shape index (κ3) is 2.66. The number of pyridine rings is 1. The Bertz CT molecular complexity index is 682. The number of nitrogens with one attached hydrogen (secondary N) is 1. The highest BCUT2D eigenvalue weighted by atomic mass is 35.5. The van der Waals surface area contributed by atoms with Crippen molar-refractivity contribution in [1.82, 2.24) is 15.2 Å². The van der Waals surface area contributed by atoms with E-state index in [4.69, 9.17) is 16.6 Å². The van der Waals surface area contributed by atoms with E-state index in [-0.39, 0.29) is 0 Å². The van der Waals surface area contributed by atoms with E-state index < -0.39 is 0 Å². The van der Waals surface area contributed by atoms with Crippen LogP contribution in [0.5, 0.6) is 0 Å². The van der Waals surface area contributed by atoms with Gasteiger partial charge in [0.1, 0.15) is 0 Å². The zero-order valence-corrected chi connectivity index (χ0v) is 13.7. The Labute approximate surface area is 131 Å². The van der Waals surface area contributed by atoms with Gasteiger partial charge in [-0.15, -0.1) is 0 Å². The van der Waals surface area contributed by atoms with Crippen molar-refractivity contribution in [2.75, 3.05) is 20.1 Å². The minimum atomic E-state index is 0.794. The molecule has 0 unspecified atom stereocenters. The predicted octanol–water partition coefficient (Wildman–Crippen LogP) is 3.29. The summed E-state index contributed by atoms with van der Waals surface area (Å²) in [4.78, 5) is 7.43. The van der Waals surface area contributed by atoms with Gasteiger partial charge in [0.15, 0.2) is 0 Å². The fourth-order valence-corrected chi connectivity index (χ4v) is 3.53. The number of likely N-dealkylation sites (N-methyl/N-ethyl adjacent to an activating group) is 1. The summed E-state index contributed by atoms with van der Waals surface area (Å²) in [5.41, 5.74) is 6.29. The minimum absolute atomic E-state index is 0.794. The lowest BCUT2D eigenvalue weighted by atomic mass is 9.94. The number of benzene rings is 1. The summed E-state index contributed by atoms with van der Waals surface area (Å²) in [5.74, 6) is 0. The summed E-state index contributed by atoms with van der Waals surface area (Å²) >= 11 is 6.28. The van der Waals surface area contributed by atoms with E-state index in [0.29, 0.717) is 0 Å². The van der Waals surface area contributed by atoms with E-state index in [0.717, 1.165) is 48.7 Å². The second-order valence-corrected chi connectivity index (χ2v) is 6.22. The van der Waals surface area contributed by atoms with E-state index in [1.165, 1.54) is 22.2 Å². The van der Waals surface area contributed by atoms with Crippen LogP contribution in [-0.4, -0.2) is 30.0 Å². The van der Waals surface area contributed by atoms with Crippen LogP contribution in [0, 0.1) is 6.92 Å². The van der Waals surface area contributed by atoms with Crippen LogP contribution in [0.15, 0.2) is 12.1 Å². The molecule has 0 bridgehead atoms. The van der Waals surface area contributed by atoms with Crippen LogP contribution >= 0.6 is 11.6 Å². The highest BCUT2D eigenvalue weighted by Gasteiger charge is 2.22. The fraction of sp³-hybridized carbons (Fsp3) is 0.471. The second-order valence-electron chi connectivity index (χ2n) is 5.78. The Kier molecular flexibility index (Phi) is 4.16. The monoisotopic (exact) mass is 303 g/mol. The molecule has 0 aliphatic carbocycles. The Balaban J connectivity index is 2.27. The van der Waals surface area contributed by atoms with Gasteiger partial charge in [-0.2, -0.15) is 0 Å². The average molecular weight is 304 g/mol. The van der Waals surface area contributed by atoms with Crippen LogP contribution in [0.4, 0.5) is 0 Å². The number of fused-ring (bicyclic) bond motifs is 2. The molecule has 21 heavy (non-hydrogen) atoms. The molecule has 3 nitrogen and oxygen atoms in total. The number of rotatable bonds is 3. The van der Waals surface area contributed by atoms with Gasteiger partial charge in [-0.1, -0.05) is 18.5 Å². The van der Waals surface area contributed by atoms with Crippen LogP contribution in [0.2, 0.25) is 5.02 Å². The SMILES string of the molecule is CCN1CCc2nc3c(C)cc(Cl)cc3c(CNC)c2C1. The zero-order valence-electron chi connectivity index (χ0n) is 13.0. The van der Waals surface area contributed by atoms with E-state index in [1.807, 2.05) is 13.1 Å². The van der Waals surface area contributed by atoms with E-state index >= 15 is 0 Å². The van der Waals surface area contributed by atoms with Gasteiger partial charge >= 0.3 is 0 Å². The second kappa shape index (κ2) is 5.91. The van der Waals surface area contributed by atoms with E-state index in [2.05, 4.69) is 30.1 Å². The smallest absolute Gasteiger partial charge is 0.0738 e. The van der Waals surface area contributed by atoms with Crippen molar-refractivity contribution in [3.8, 4) is 0 Å². The van der Waals surface area contributed by atoms with Crippen molar-refractivity contribution >= 4 is 22.5 Å². The Morgan fingerprint density at radius 1 is 1.38 bits per heavy atom. The summed E-state index contributed by atoms with van der Waals surface area (Å²) in [7, 11) is 2.00. The maximum atomic E-state index is 6.28.